The molecule has 0 saturated carbocycles. The summed E-state index contributed by atoms with van der Waals surface area (Å²) >= 11 is 0. The first-order valence-electron chi connectivity index (χ1n) is 4.68. The van der Waals surface area contributed by atoms with E-state index in [-0.39, 0.29) is 0 Å². The average molecular weight is 209 g/mol. The van der Waals surface area contributed by atoms with Gasteiger partial charge in [-0.2, -0.15) is 0 Å². The SMILES string of the molecule is COCc1ccc(C[C@H](N)C(=O)O)cc1. The molecule has 0 aliphatic carbocycles. The van der Waals surface area contributed by atoms with Crippen LogP contribution in [0.4, 0.5) is 0 Å². The summed E-state index contributed by atoms with van der Waals surface area (Å²) in [4.78, 5) is 10.5. The van der Waals surface area contributed by atoms with Crippen LogP contribution in [0.3, 0.4) is 0 Å². The highest BCUT2D eigenvalue weighted by Crippen LogP contribution is 2.07. The van der Waals surface area contributed by atoms with Crippen LogP contribution < -0.4 is 5.73 Å². The van der Waals surface area contributed by atoms with Gasteiger partial charge in [0.25, 0.3) is 0 Å². The first-order chi connectivity index (χ1) is 7.13. The molecule has 1 rings (SSSR count). The number of benzene rings is 1. The van der Waals surface area contributed by atoms with E-state index in [1.807, 2.05) is 24.3 Å². The molecule has 3 N–H and O–H groups in total. The summed E-state index contributed by atoms with van der Waals surface area (Å²) in [5.74, 6) is -0.976. The third-order valence-corrected chi connectivity index (χ3v) is 2.11. The number of hydrogen-bond donors (Lipinski definition) is 2. The van der Waals surface area contributed by atoms with Gasteiger partial charge in [-0.3, -0.25) is 4.79 Å². The standard InChI is InChI=1S/C11H15NO3/c1-15-7-9-4-2-8(3-5-9)6-10(12)11(13)14/h2-5,10H,6-7,12H2,1H3,(H,13,14)/t10-/m0/s1. The van der Waals surface area contributed by atoms with Gasteiger partial charge in [-0.05, 0) is 17.5 Å². The van der Waals surface area contributed by atoms with Gasteiger partial charge in [0.15, 0.2) is 0 Å². The number of carbonyl (C=O) groups is 1. The van der Waals surface area contributed by atoms with Crippen LogP contribution in [0.1, 0.15) is 11.1 Å². The van der Waals surface area contributed by atoms with Gasteiger partial charge in [0.1, 0.15) is 6.04 Å². The maximum atomic E-state index is 10.5. The fourth-order valence-electron chi connectivity index (χ4n) is 1.28. The van der Waals surface area contributed by atoms with Gasteiger partial charge in [-0.25, -0.2) is 0 Å². The smallest absolute Gasteiger partial charge is 0.320 e. The Balaban J connectivity index is 2.60. The minimum Gasteiger partial charge on any atom is -0.480 e. The Morgan fingerprint density at radius 3 is 2.40 bits per heavy atom. The molecule has 1 aromatic rings. The molecule has 0 unspecified atom stereocenters. The highest BCUT2D eigenvalue weighted by atomic mass is 16.5. The molecule has 0 bridgehead atoms. The van der Waals surface area contributed by atoms with Gasteiger partial charge in [0, 0.05) is 7.11 Å². The number of aliphatic carboxylic acids is 1. The molecule has 1 atom stereocenters. The number of ether oxygens (including phenoxy) is 1. The molecular formula is C11H15NO3. The van der Waals surface area contributed by atoms with E-state index in [2.05, 4.69) is 0 Å². The number of carboxylic acid groups (broad SMARTS) is 1. The molecule has 4 heteroatoms. The zero-order valence-electron chi connectivity index (χ0n) is 8.64. The van der Waals surface area contributed by atoms with E-state index in [9.17, 15) is 4.79 Å². The van der Waals surface area contributed by atoms with Gasteiger partial charge in [0.2, 0.25) is 0 Å². The summed E-state index contributed by atoms with van der Waals surface area (Å²) in [5, 5.41) is 8.64. The Kier molecular flexibility index (Phi) is 4.27. The van der Waals surface area contributed by atoms with Crippen molar-refractivity contribution in [1.29, 1.82) is 0 Å². The normalized spacial score (nSPS) is 12.4. The van der Waals surface area contributed by atoms with Crippen molar-refractivity contribution in [3.63, 3.8) is 0 Å². The Morgan fingerprint density at radius 1 is 1.40 bits per heavy atom. The molecule has 0 aromatic heterocycles. The Hall–Kier alpha value is -1.39. The minimum atomic E-state index is -0.976. The predicted molar refractivity (Wildman–Crippen MR) is 56.5 cm³/mol. The molecule has 0 fully saturated rings. The van der Waals surface area contributed by atoms with E-state index in [1.54, 1.807) is 7.11 Å². The van der Waals surface area contributed by atoms with Crippen LogP contribution in [-0.4, -0.2) is 24.2 Å². The number of carboxylic acids is 1. The van der Waals surface area contributed by atoms with Crippen LogP contribution in [0.15, 0.2) is 24.3 Å². The molecule has 82 valence electrons. The zero-order chi connectivity index (χ0) is 11.3. The molecule has 1 aromatic carbocycles. The number of hydrogen-bond acceptors (Lipinski definition) is 3. The summed E-state index contributed by atoms with van der Waals surface area (Å²) in [6.07, 6.45) is 0.350. The molecule has 4 nitrogen and oxygen atoms in total. The number of methoxy groups -OCH3 is 1. The Morgan fingerprint density at radius 2 is 1.93 bits per heavy atom. The first kappa shape index (κ1) is 11.7. The van der Waals surface area contributed by atoms with Gasteiger partial charge < -0.3 is 15.6 Å². The third kappa shape index (κ3) is 3.69. The van der Waals surface area contributed by atoms with E-state index in [1.165, 1.54) is 0 Å². The highest BCUT2D eigenvalue weighted by molar-refractivity contribution is 5.73. The monoisotopic (exact) mass is 209 g/mol. The van der Waals surface area contributed by atoms with E-state index < -0.39 is 12.0 Å². The molecule has 0 amide bonds. The van der Waals surface area contributed by atoms with Crippen molar-refractivity contribution in [3.8, 4) is 0 Å². The lowest BCUT2D eigenvalue weighted by Crippen LogP contribution is -2.32. The maximum Gasteiger partial charge on any atom is 0.320 e. The van der Waals surface area contributed by atoms with Crippen LogP contribution in [0, 0.1) is 0 Å². The van der Waals surface area contributed by atoms with Gasteiger partial charge >= 0.3 is 5.97 Å². The summed E-state index contributed by atoms with van der Waals surface area (Å²) < 4.78 is 4.97. The van der Waals surface area contributed by atoms with Gasteiger partial charge in [0.05, 0.1) is 6.61 Å². The molecule has 0 spiro atoms. The third-order valence-electron chi connectivity index (χ3n) is 2.11. The molecular weight excluding hydrogens is 194 g/mol. The van der Waals surface area contributed by atoms with Crippen molar-refractivity contribution in [2.75, 3.05) is 7.11 Å². The van der Waals surface area contributed by atoms with E-state index >= 15 is 0 Å². The highest BCUT2D eigenvalue weighted by Gasteiger charge is 2.11. The topological polar surface area (TPSA) is 72.5 Å². The number of nitrogens with two attached hydrogens (primary N) is 1. The quantitative estimate of drug-likeness (QED) is 0.752. The van der Waals surface area contributed by atoms with Crippen molar-refractivity contribution in [2.45, 2.75) is 19.1 Å². The summed E-state index contributed by atoms with van der Waals surface area (Å²) in [6, 6.07) is 6.73. The molecule has 0 saturated heterocycles. The zero-order valence-corrected chi connectivity index (χ0v) is 8.64. The second-order valence-corrected chi connectivity index (χ2v) is 3.40. The molecule has 0 aliphatic rings. The predicted octanol–water partition coefficient (Wildman–Crippen LogP) is 0.787. The largest absolute Gasteiger partial charge is 0.480 e. The van der Waals surface area contributed by atoms with Crippen LogP contribution in [0.5, 0.6) is 0 Å². The van der Waals surface area contributed by atoms with E-state index in [4.69, 9.17) is 15.6 Å². The van der Waals surface area contributed by atoms with Crippen molar-refractivity contribution < 1.29 is 14.6 Å². The number of rotatable bonds is 5. The fourth-order valence-corrected chi connectivity index (χ4v) is 1.28. The van der Waals surface area contributed by atoms with Crippen LogP contribution in [-0.2, 0) is 22.6 Å². The summed E-state index contributed by atoms with van der Waals surface area (Å²) in [5.41, 5.74) is 7.40. The van der Waals surface area contributed by atoms with Crippen LogP contribution >= 0.6 is 0 Å². The lowest BCUT2D eigenvalue weighted by molar-refractivity contribution is -0.138. The average Bonchev–Trinajstić information content (AvgIpc) is 2.21. The van der Waals surface area contributed by atoms with Crippen molar-refractivity contribution in [2.24, 2.45) is 5.73 Å². The second kappa shape index (κ2) is 5.48. The molecule has 15 heavy (non-hydrogen) atoms. The van der Waals surface area contributed by atoms with Crippen LogP contribution in [0.25, 0.3) is 0 Å². The second-order valence-electron chi connectivity index (χ2n) is 3.40. The summed E-state index contributed by atoms with van der Waals surface area (Å²) in [6.45, 7) is 0.561. The summed E-state index contributed by atoms with van der Waals surface area (Å²) in [7, 11) is 1.63. The van der Waals surface area contributed by atoms with Gasteiger partial charge in [-0.15, -0.1) is 0 Å². The first-order valence-corrected chi connectivity index (χ1v) is 4.68. The Bertz CT molecular complexity index is 321. The van der Waals surface area contributed by atoms with Crippen molar-refractivity contribution >= 4 is 5.97 Å². The van der Waals surface area contributed by atoms with E-state index in [0.717, 1.165) is 11.1 Å². The van der Waals surface area contributed by atoms with Crippen LogP contribution in [0.2, 0.25) is 0 Å². The minimum absolute atomic E-state index is 0.350. The Labute approximate surface area is 88.7 Å². The lowest BCUT2D eigenvalue weighted by atomic mass is 10.1. The molecule has 0 aliphatic heterocycles. The fraction of sp³-hybridized carbons (Fsp3) is 0.364. The molecule has 0 heterocycles. The lowest BCUT2D eigenvalue weighted by Gasteiger charge is -2.07. The van der Waals surface area contributed by atoms with Gasteiger partial charge in [-0.1, -0.05) is 24.3 Å². The van der Waals surface area contributed by atoms with E-state index in [0.29, 0.717) is 13.0 Å². The maximum absolute atomic E-state index is 10.5. The molecule has 0 radical (unpaired) electrons. The van der Waals surface area contributed by atoms with Crippen molar-refractivity contribution in [3.05, 3.63) is 35.4 Å². The van der Waals surface area contributed by atoms with Crippen molar-refractivity contribution in [1.82, 2.24) is 0 Å².